The summed E-state index contributed by atoms with van der Waals surface area (Å²) in [4.78, 5) is 14.5. The third-order valence-electron chi connectivity index (χ3n) is 4.28. The molecule has 0 saturated carbocycles. The molecule has 1 N–H and O–H groups in total. The summed E-state index contributed by atoms with van der Waals surface area (Å²) in [6.45, 7) is 0.911. The molecule has 2 heterocycles. The van der Waals surface area contributed by atoms with Crippen LogP contribution < -0.4 is 14.8 Å². The van der Waals surface area contributed by atoms with E-state index in [1.165, 1.54) is 23.3 Å². The largest absolute Gasteiger partial charge is 0.486 e. The van der Waals surface area contributed by atoms with Crippen LogP contribution in [0.15, 0.2) is 30.3 Å². The number of carbonyl (C=O) groups is 1. The molecule has 2 aliphatic rings. The number of aryl methyl sites for hydroxylation is 2. The van der Waals surface area contributed by atoms with Gasteiger partial charge in [0.15, 0.2) is 11.5 Å². The van der Waals surface area contributed by atoms with E-state index in [4.69, 9.17) is 9.47 Å². The van der Waals surface area contributed by atoms with E-state index < -0.39 is 0 Å². The average molecular weight is 329 g/mol. The molecule has 0 bridgehead atoms. The van der Waals surface area contributed by atoms with Crippen LogP contribution in [0.25, 0.3) is 0 Å². The Kier molecular flexibility index (Phi) is 3.95. The van der Waals surface area contributed by atoms with Crippen LogP contribution in [0.3, 0.4) is 0 Å². The highest BCUT2D eigenvalue weighted by Gasteiger charge is 2.22. The number of hydrogen-bond acceptors (Lipinski definition) is 4. The number of carbonyl (C=O) groups excluding carboxylic acids is 1. The fraction of sp³-hybridized carbons (Fsp3) is 0.389. The van der Waals surface area contributed by atoms with Crippen molar-refractivity contribution in [2.24, 2.45) is 0 Å². The summed E-state index contributed by atoms with van der Waals surface area (Å²) in [6, 6.07) is 9.67. The topological polar surface area (TPSA) is 47.6 Å². The molecule has 1 amide bonds. The summed E-state index contributed by atoms with van der Waals surface area (Å²) in [5, 5.41) is 2.98. The van der Waals surface area contributed by atoms with Gasteiger partial charge in [-0.3, -0.25) is 4.79 Å². The number of thiophene rings is 1. The highest BCUT2D eigenvalue weighted by Crippen LogP contribution is 2.31. The van der Waals surface area contributed by atoms with E-state index in [2.05, 4.69) is 11.4 Å². The van der Waals surface area contributed by atoms with Crippen LogP contribution in [0.5, 0.6) is 11.5 Å². The maximum atomic E-state index is 12.4. The first kappa shape index (κ1) is 14.6. The Labute approximate surface area is 139 Å². The van der Waals surface area contributed by atoms with Crippen molar-refractivity contribution >= 4 is 17.2 Å². The molecule has 2 aromatic rings. The van der Waals surface area contributed by atoms with Crippen LogP contribution >= 0.6 is 11.3 Å². The zero-order valence-corrected chi connectivity index (χ0v) is 13.7. The lowest BCUT2D eigenvalue weighted by molar-refractivity contribution is 0.0791. The molecule has 1 aromatic carbocycles. The Morgan fingerprint density at radius 1 is 1.22 bits per heavy atom. The van der Waals surface area contributed by atoms with Gasteiger partial charge in [-0.1, -0.05) is 12.1 Å². The molecular weight excluding hydrogens is 310 g/mol. The number of para-hydroxylation sites is 2. The molecule has 4 nitrogen and oxygen atoms in total. The van der Waals surface area contributed by atoms with Crippen molar-refractivity contribution in [1.82, 2.24) is 5.32 Å². The summed E-state index contributed by atoms with van der Waals surface area (Å²) < 4.78 is 11.5. The fourth-order valence-electron chi connectivity index (χ4n) is 3.06. The molecule has 23 heavy (non-hydrogen) atoms. The summed E-state index contributed by atoms with van der Waals surface area (Å²) in [6.07, 6.45) is 4.54. The van der Waals surface area contributed by atoms with Crippen molar-refractivity contribution in [2.75, 3.05) is 13.2 Å². The second kappa shape index (κ2) is 6.24. The van der Waals surface area contributed by atoms with Gasteiger partial charge in [-0.05, 0) is 49.4 Å². The third kappa shape index (κ3) is 3.06. The number of hydrogen-bond donors (Lipinski definition) is 1. The minimum absolute atomic E-state index is 0.00754. The van der Waals surface area contributed by atoms with Gasteiger partial charge < -0.3 is 14.8 Å². The SMILES string of the molecule is O=C(NC[C@@H]1COc2ccccc2O1)c1cc2c(s1)CCCC2. The van der Waals surface area contributed by atoms with Crippen LogP contribution in [0, 0.1) is 0 Å². The van der Waals surface area contributed by atoms with Gasteiger partial charge in [0.25, 0.3) is 5.91 Å². The number of benzene rings is 1. The van der Waals surface area contributed by atoms with Crippen molar-refractivity contribution in [1.29, 1.82) is 0 Å². The van der Waals surface area contributed by atoms with Gasteiger partial charge in [0.05, 0.1) is 11.4 Å². The van der Waals surface area contributed by atoms with Gasteiger partial charge >= 0.3 is 0 Å². The van der Waals surface area contributed by atoms with E-state index in [1.54, 1.807) is 11.3 Å². The van der Waals surface area contributed by atoms with Crippen molar-refractivity contribution in [3.05, 3.63) is 45.6 Å². The van der Waals surface area contributed by atoms with Crippen LogP contribution in [0.4, 0.5) is 0 Å². The number of ether oxygens (including phenoxy) is 2. The van der Waals surface area contributed by atoms with Crippen LogP contribution in [-0.4, -0.2) is 25.2 Å². The van der Waals surface area contributed by atoms with Crippen LogP contribution in [0.1, 0.15) is 33.0 Å². The number of nitrogens with one attached hydrogen (secondary N) is 1. The zero-order chi connectivity index (χ0) is 15.6. The van der Waals surface area contributed by atoms with E-state index in [0.29, 0.717) is 13.2 Å². The van der Waals surface area contributed by atoms with E-state index in [-0.39, 0.29) is 12.0 Å². The quantitative estimate of drug-likeness (QED) is 0.941. The lowest BCUT2D eigenvalue weighted by Gasteiger charge is -2.26. The molecule has 0 fully saturated rings. The lowest BCUT2D eigenvalue weighted by atomic mass is 9.99. The molecule has 120 valence electrons. The number of amides is 1. The summed E-state index contributed by atoms with van der Waals surface area (Å²) in [5.74, 6) is 1.50. The average Bonchev–Trinajstić information content (AvgIpc) is 3.04. The van der Waals surface area contributed by atoms with Crippen LogP contribution in [-0.2, 0) is 12.8 Å². The minimum atomic E-state index is -0.150. The van der Waals surface area contributed by atoms with Crippen LogP contribution in [0.2, 0.25) is 0 Å². The van der Waals surface area contributed by atoms with Gasteiger partial charge in [-0.25, -0.2) is 0 Å². The van der Waals surface area contributed by atoms with Crippen molar-refractivity contribution in [2.45, 2.75) is 31.8 Å². The molecule has 4 rings (SSSR count). The van der Waals surface area contributed by atoms with E-state index >= 15 is 0 Å². The Bertz CT molecular complexity index is 701. The molecule has 0 radical (unpaired) electrons. The molecule has 0 saturated heterocycles. The first-order valence-electron chi connectivity index (χ1n) is 8.08. The Balaban J connectivity index is 1.36. The van der Waals surface area contributed by atoms with E-state index in [0.717, 1.165) is 29.2 Å². The predicted molar refractivity (Wildman–Crippen MR) is 89.6 cm³/mol. The van der Waals surface area contributed by atoms with Gasteiger partial charge in [-0.15, -0.1) is 11.3 Å². The molecule has 1 aromatic heterocycles. The zero-order valence-electron chi connectivity index (χ0n) is 12.8. The summed E-state index contributed by atoms with van der Waals surface area (Å²) >= 11 is 1.63. The number of rotatable bonds is 3. The van der Waals surface area contributed by atoms with Gasteiger partial charge in [0.1, 0.15) is 12.7 Å². The molecule has 0 spiro atoms. The Morgan fingerprint density at radius 3 is 2.91 bits per heavy atom. The first-order valence-corrected chi connectivity index (χ1v) is 8.89. The minimum Gasteiger partial charge on any atom is -0.486 e. The lowest BCUT2D eigenvalue weighted by Crippen LogP contribution is -2.40. The maximum absolute atomic E-state index is 12.4. The summed E-state index contributed by atoms with van der Waals surface area (Å²) in [5.41, 5.74) is 1.36. The highest BCUT2D eigenvalue weighted by molar-refractivity contribution is 7.14. The second-order valence-electron chi connectivity index (χ2n) is 5.97. The molecular formula is C18H19NO3S. The fourth-order valence-corrected chi connectivity index (χ4v) is 4.23. The Hall–Kier alpha value is -2.01. The molecule has 0 unspecified atom stereocenters. The normalized spacial score (nSPS) is 19.0. The van der Waals surface area contributed by atoms with Crippen molar-refractivity contribution in [3.63, 3.8) is 0 Å². The second-order valence-corrected chi connectivity index (χ2v) is 7.11. The third-order valence-corrected chi connectivity index (χ3v) is 5.51. The van der Waals surface area contributed by atoms with Crippen molar-refractivity contribution in [3.8, 4) is 11.5 Å². The standard InChI is InChI=1S/C18H19NO3S/c20-18(17-9-12-5-1-4-8-16(12)23-17)19-10-13-11-21-14-6-2-3-7-15(14)22-13/h2-3,6-7,9,13H,1,4-5,8,10-11H2,(H,19,20)/t13-/m1/s1. The maximum Gasteiger partial charge on any atom is 0.261 e. The molecule has 5 heteroatoms. The van der Waals surface area contributed by atoms with Crippen molar-refractivity contribution < 1.29 is 14.3 Å². The van der Waals surface area contributed by atoms with Gasteiger partial charge in [-0.2, -0.15) is 0 Å². The predicted octanol–water partition coefficient (Wildman–Crippen LogP) is 3.20. The first-order chi connectivity index (χ1) is 11.3. The van der Waals surface area contributed by atoms with E-state index in [9.17, 15) is 4.79 Å². The molecule has 1 aliphatic carbocycles. The number of fused-ring (bicyclic) bond motifs is 2. The smallest absolute Gasteiger partial charge is 0.261 e. The van der Waals surface area contributed by atoms with Gasteiger partial charge in [0.2, 0.25) is 0 Å². The highest BCUT2D eigenvalue weighted by atomic mass is 32.1. The Morgan fingerprint density at radius 2 is 2.04 bits per heavy atom. The summed E-state index contributed by atoms with van der Waals surface area (Å²) in [7, 11) is 0. The van der Waals surface area contributed by atoms with Gasteiger partial charge in [0, 0.05) is 4.88 Å². The monoisotopic (exact) mass is 329 g/mol. The van der Waals surface area contributed by atoms with E-state index in [1.807, 2.05) is 24.3 Å². The molecule has 1 atom stereocenters. The molecule has 1 aliphatic heterocycles.